The predicted octanol–water partition coefficient (Wildman–Crippen LogP) is 0.180. The van der Waals surface area contributed by atoms with Crippen molar-refractivity contribution in [3.63, 3.8) is 0 Å². The van der Waals surface area contributed by atoms with Gasteiger partial charge in [-0.25, -0.2) is 0 Å². The fraction of sp³-hybridized carbons (Fsp3) is 1.00. The van der Waals surface area contributed by atoms with Crippen LogP contribution in [0.15, 0.2) is 0 Å². The summed E-state index contributed by atoms with van der Waals surface area (Å²) in [6.07, 6.45) is 0. The molecule has 1 fully saturated rings. The molecule has 0 spiro atoms. The Morgan fingerprint density at radius 2 is 1.27 bits per heavy atom. The first-order chi connectivity index (χ1) is 3.79. The van der Waals surface area contributed by atoms with Gasteiger partial charge in [0.05, 0.1) is 0 Å². The van der Waals surface area contributed by atoms with Gasteiger partial charge < -0.3 is 0 Å². The van der Waals surface area contributed by atoms with Crippen molar-refractivity contribution < 1.29 is 22.5 Å². The monoisotopic (exact) mass is 273 g/mol. The average Bonchev–Trinajstić information content (AvgIpc) is 1.64. The van der Waals surface area contributed by atoms with Gasteiger partial charge >= 0.3 is 16.5 Å². The molecule has 0 saturated carbocycles. The van der Waals surface area contributed by atoms with Gasteiger partial charge in [-0.15, -0.1) is 0 Å². The van der Waals surface area contributed by atoms with E-state index in [0.717, 1.165) is 0 Å². The molecule has 0 aliphatic carbocycles. The second-order valence-electron chi connectivity index (χ2n) is 0.905. The first kappa shape index (κ1) is 21.3. The number of rotatable bonds is 0. The summed E-state index contributed by atoms with van der Waals surface area (Å²) in [5.41, 5.74) is 0. The molecular weight excluding hydrogens is 271 g/mol. The van der Waals surface area contributed by atoms with Crippen molar-refractivity contribution in [3.05, 3.63) is 0 Å². The third kappa shape index (κ3) is 11.3. The van der Waals surface area contributed by atoms with Gasteiger partial charge in [0.1, 0.15) is 0 Å². The summed E-state index contributed by atoms with van der Waals surface area (Å²) < 4.78 is 32.7. The van der Waals surface area contributed by atoms with Gasteiger partial charge in [0, 0.05) is 163 Å². The van der Waals surface area contributed by atoms with Crippen molar-refractivity contribution in [2.45, 2.75) is 0 Å². The Kier molecular flexibility index (Phi) is 25.3. The van der Waals surface area contributed by atoms with Crippen LogP contribution in [0.1, 0.15) is 0 Å². The van der Waals surface area contributed by atoms with Crippen LogP contribution in [0.4, 0.5) is 0 Å². The molecule has 2 atom stereocenters. The molecule has 0 N–H and O–H groups in total. The second kappa shape index (κ2) is 13.1. The van der Waals surface area contributed by atoms with Crippen molar-refractivity contribution in [1.82, 2.24) is 0 Å². The summed E-state index contributed by atoms with van der Waals surface area (Å²) >= 11 is 0. The van der Waals surface area contributed by atoms with Gasteiger partial charge in [-0.3, -0.25) is 0 Å². The Morgan fingerprint density at radius 3 is 1.45 bits per heavy atom. The van der Waals surface area contributed by atoms with Crippen LogP contribution in [0.5, 0.6) is 0 Å². The molecule has 0 amide bonds. The van der Waals surface area contributed by atoms with Crippen LogP contribution in [0.25, 0.3) is 0 Å². The molecule has 5 nitrogen and oxygen atoms in total. The molecule has 1 aliphatic rings. The SMILES string of the molecule is O=[P+]1OCO[P+](=O)O1.[K].[K].[K]. The zero-order valence-corrected chi connectivity index (χ0v) is 17.8. The molecule has 47 valence electrons. The van der Waals surface area contributed by atoms with E-state index in [-0.39, 0.29) is 161 Å². The summed E-state index contributed by atoms with van der Waals surface area (Å²) in [4.78, 5) is 0. The molecule has 0 aromatic heterocycles. The molecule has 11 heavy (non-hydrogen) atoms. The van der Waals surface area contributed by atoms with Crippen LogP contribution in [0.3, 0.4) is 0 Å². The maximum absolute atomic E-state index is 10.1. The van der Waals surface area contributed by atoms with E-state index in [1.165, 1.54) is 0 Å². The minimum absolute atomic E-state index is 0. The largest absolute Gasteiger partial charge is 0.750 e. The summed E-state index contributed by atoms with van der Waals surface area (Å²) in [5.74, 6) is 0. The van der Waals surface area contributed by atoms with E-state index in [2.05, 4.69) is 13.4 Å². The summed E-state index contributed by atoms with van der Waals surface area (Å²) in [6.45, 7) is -0.218. The van der Waals surface area contributed by atoms with Gasteiger partial charge in [0.15, 0.2) is 4.31 Å². The average molecular weight is 273 g/mol. The van der Waals surface area contributed by atoms with Crippen molar-refractivity contribution in [3.8, 4) is 0 Å². The zero-order chi connectivity index (χ0) is 5.98. The standard InChI is InChI=1S/CH2O5P2.3K/c2-7-4-1-5-8(3)6-7;;;/h1H2;;;/q+2;;;. The molecule has 0 bridgehead atoms. The van der Waals surface area contributed by atoms with Gasteiger partial charge in [-0.2, -0.15) is 0 Å². The fourth-order valence-corrected chi connectivity index (χ4v) is 1.38. The molecule has 0 aromatic carbocycles. The van der Waals surface area contributed by atoms with E-state index in [4.69, 9.17) is 0 Å². The Labute approximate surface area is 194 Å². The molecule has 1 rings (SSSR count). The van der Waals surface area contributed by atoms with Crippen LogP contribution in [0.2, 0.25) is 0 Å². The van der Waals surface area contributed by atoms with Crippen LogP contribution < -0.4 is 0 Å². The van der Waals surface area contributed by atoms with Crippen molar-refractivity contribution >= 4 is 171 Å². The summed E-state index contributed by atoms with van der Waals surface area (Å²) in [5, 5.41) is 0. The quantitative estimate of drug-likeness (QED) is 0.465. The van der Waals surface area contributed by atoms with E-state index < -0.39 is 16.5 Å². The van der Waals surface area contributed by atoms with Crippen LogP contribution in [-0.2, 0) is 22.5 Å². The van der Waals surface area contributed by atoms with Gasteiger partial charge in [0.2, 0.25) is 0 Å². The Hall–Kier alpha value is 4.99. The third-order valence-corrected chi connectivity index (χ3v) is 2.15. The van der Waals surface area contributed by atoms with E-state index in [0.29, 0.717) is 0 Å². The predicted molar refractivity (Wildman–Crippen MR) is 40.6 cm³/mol. The second-order valence-corrected chi connectivity index (χ2v) is 2.97. The van der Waals surface area contributed by atoms with E-state index in [1.54, 1.807) is 0 Å². The van der Waals surface area contributed by atoms with E-state index in [1.807, 2.05) is 0 Å². The minimum atomic E-state index is -2.19. The first-order valence-electron chi connectivity index (χ1n) is 1.67. The van der Waals surface area contributed by atoms with Gasteiger partial charge in [-0.1, -0.05) is 9.05 Å². The molecule has 1 aliphatic heterocycles. The van der Waals surface area contributed by atoms with Crippen LogP contribution in [-0.4, -0.2) is 161 Å². The van der Waals surface area contributed by atoms with E-state index >= 15 is 0 Å². The minimum Gasteiger partial charge on any atom is -0.0822 e. The molecule has 10 heteroatoms. The molecule has 0 aromatic rings. The molecule has 2 unspecified atom stereocenters. The normalized spacial score (nSPS) is 22.2. The summed E-state index contributed by atoms with van der Waals surface area (Å²) in [7, 11) is -4.38. The molecule has 3 radical (unpaired) electrons. The molecule has 1 heterocycles. The Balaban J connectivity index is -0.000000213. The maximum Gasteiger partial charge on any atom is 0.750 e. The van der Waals surface area contributed by atoms with Crippen molar-refractivity contribution in [2.24, 2.45) is 0 Å². The topological polar surface area (TPSA) is 61.8 Å². The molecule has 1 saturated heterocycles. The van der Waals surface area contributed by atoms with E-state index in [9.17, 15) is 9.13 Å². The van der Waals surface area contributed by atoms with Crippen LogP contribution in [0, 0.1) is 0 Å². The first-order valence-corrected chi connectivity index (χ1v) is 3.86. The van der Waals surface area contributed by atoms with Crippen LogP contribution >= 0.6 is 16.5 Å². The number of hydrogen-bond donors (Lipinski definition) is 0. The smallest absolute Gasteiger partial charge is 0.0822 e. The fourth-order valence-electron chi connectivity index (χ4n) is 0.211. The Morgan fingerprint density at radius 1 is 0.909 bits per heavy atom. The third-order valence-electron chi connectivity index (χ3n) is 0.450. The van der Waals surface area contributed by atoms with Gasteiger partial charge in [0.25, 0.3) is 6.79 Å². The number of hydrogen-bond acceptors (Lipinski definition) is 5. The van der Waals surface area contributed by atoms with Crippen molar-refractivity contribution in [2.75, 3.05) is 6.79 Å². The maximum atomic E-state index is 10.1. The Bertz CT molecular complexity index is 126. The van der Waals surface area contributed by atoms with Gasteiger partial charge in [-0.05, 0) is 0 Å². The molecular formula is CH2K3O5P2+2. The zero-order valence-electron chi connectivity index (χ0n) is 6.64. The van der Waals surface area contributed by atoms with Crippen molar-refractivity contribution in [1.29, 1.82) is 0 Å². The summed E-state index contributed by atoms with van der Waals surface area (Å²) in [6, 6.07) is 0.